The summed E-state index contributed by atoms with van der Waals surface area (Å²) in [5, 5.41) is 8.98. The number of rotatable bonds is 6. The number of allylic oxidation sites excluding steroid dienone is 3. The maximum atomic E-state index is 6.85. The summed E-state index contributed by atoms with van der Waals surface area (Å²) in [6, 6.07) is 14.6. The minimum Gasteiger partial charge on any atom is -0.278 e. The fourth-order valence-corrected chi connectivity index (χ4v) is 5.40. The van der Waals surface area contributed by atoms with Gasteiger partial charge in [-0.25, -0.2) is 0 Å². The number of terminal acetylenes is 1. The topological polar surface area (TPSA) is 53.9 Å². The van der Waals surface area contributed by atoms with Gasteiger partial charge in [-0.3, -0.25) is 15.1 Å². The number of nitrogens with zero attached hydrogens (tertiary/aromatic N) is 3. The number of H-pyrrole nitrogens is 1. The predicted octanol–water partition coefficient (Wildman–Crippen LogP) is 7.67. The number of aromatic amines is 1. The van der Waals surface area contributed by atoms with Crippen molar-refractivity contribution in [2.75, 3.05) is 0 Å². The van der Waals surface area contributed by atoms with E-state index in [0.717, 1.165) is 62.2 Å². The second kappa shape index (κ2) is 9.26. The number of halogens is 1. The van der Waals surface area contributed by atoms with E-state index < -0.39 is 0 Å². The van der Waals surface area contributed by atoms with E-state index in [4.69, 9.17) is 23.0 Å². The van der Waals surface area contributed by atoms with Gasteiger partial charge >= 0.3 is 0 Å². The van der Waals surface area contributed by atoms with E-state index in [1.165, 1.54) is 0 Å². The van der Waals surface area contributed by atoms with Crippen molar-refractivity contribution in [2.45, 2.75) is 33.1 Å². The Bertz CT molecular complexity index is 1580. The lowest BCUT2D eigenvalue weighted by molar-refractivity contribution is 0.491. The largest absolute Gasteiger partial charge is 0.278 e. The summed E-state index contributed by atoms with van der Waals surface area (Å²) < 4.78 is 0. The van der Waals surface area contributed by atoms with Crippen molar-refractivity contribution < 1.29 is 0 Å². The van der Waals surface area contributed by atoms with Crippen LogP contribution in [0.25, 0.3) is 16.5 Å². The highest BCUT2D eigenvalue weighted by molar-refractivity contribution is 6.34. The molecule has 0 aliphatic carbocycles. The SMILES string of the molecule is C#Cc1ccc(CC(C)(C)/C(=C\C=C)c2cc(Cl)c3c(c2)C(c2ccc4cn[nH]c4c2)C(C)=N3)nc1. The zero-order valence-corrected chi connectivity index (χ0v) is 21.4. The van der Waals surface area contributed by atoms with Gasteiger partial charge in [-0.05, 0) is 71.4 Å². The van der Waals surface area contributed by atoms with E-state index in [-0.39, 0.29) is 11.3 Å². The Morgan fingerprint density at radius 3 is 2.75 bits per heavy atom. The summed E-state index contributed by atoms with van der Waals surface area (Å²) in [7, 11) is 0. The molecular weight excluding hydrogens is 464 g/mol. The first-order chi connectivity index (χ1) is 17.3. The molecule has 0 fully saturated rings. The molecule has 1 aliphatic rings. The third-order valence-electron chi connectivity index (χ3n) is 6.85. The molecule has 1 unspecified atom stereocenters. The molecule has 0 saturated carbocycles. The molecule has 4 aromatic rings. The van der Waals surface area contributed by atoms with Crippen molar-refractivity contribution in [3.05, 3.63) is 107 Å². The Hall–Kier alpha value is -3.94. The smallest absolute Gasteiger partial charge is 0.0857 e. The summed E-state index contributed by atoms with van der Waals surface area (Å²) in [5.41, 5.74) is 8.85. The molecule has 1 N–H and O–H groups in total. The van der Waals surface area contributed by atoms with Gasteiger partial charge in [0.2, 0.25) is 0 Å². The predicted molar refractivity (Wildman–Crippen MR) is 150 cm³/mol. The zero-order valence-electron chi connectivity index (χ0n) is 20.6. The van der Waals surface area contributed by atoms with Crippen molar-refractivity contribution >= 4 is 39.5 Å². The minimum atomic E-state index is -0.241. The van der Waals surface area contributed by atoms with Crippen molar-refractivity contribution in [2.24, 2.45) is 10.4 Å². The average Bonchev–Trinajstić information content (AvgIpc) is 3.46. The summed E-state index contributed by atoms with van der Waals surface area (Å²) in [6.45, 7) is 10.5. The Kier molecular flexibility index (Phi) is 6.12. The van der Waals surface area contributed by atoms with E-state index in [1.54, 1.807) is 6.20 Å². The van der Waals surface area contributed by atoms with Crippen LogP contribution in [-0.2, 0) is 6.42 Å². The van der Waals surface area contributed by atoms with Crippen molar-refractivity contribution in [3.8, 4) is 12.3 Å². The maximum Gasteiger partial charge on any atom is 0.0857 e. The van der Waals surface area contributed by atoms with Crippen LogP contribution in [0.3, 0.4) is 0 Å². The first-order valence-corrected chi connectivity index (χ1v) is 12.3. The van der Waals surface area contributed by atoms with Crippen LogP contribution in [0.2, 0.25) is 5.02 Å². The number of hydrogen-bond acceptors (Lipinski definition) is 3. The number of benzene rings is 2. The maximum absolute atomic E-state index is 6.85. The van der Waals surface area contributed by atoms with Gasteiger partial charge in [-0.2, -0.15) is 5.10 Å². The Labute approximate surface area is 216 Å². The normalized spacial score (nSPS) is 15.5. The first-order valence-electron chi connectivity index (χ1n) is 11.9. The van der Waals surface area contributed by atoms with E-state index in [0.29, 0.717) is 5.02 Å². The van der Waals surface area contributed by atoms with Gasteiger partial charge in [-0.1, -0.05) is 62.2 Å². The molecule has 3 heterocycles. The Balaban J connectivity index is 1.56. The van der Waals surface area contributed by atoms with Crippen LogP contribution < -0.4 is 0 Å². The summed E-state index contributed by atoms with van der Waals surface area (Å²) in [6.07, 6.45) is 13.7. The van der Waals surface area contributed by atoms with Gasteiger partial charge in [0.25, 0.3) is 0 Å². The monoisotopic (exact) mass is 490 g/mol. The highest BCUT2D eigenvalue weighted by Crippen LogP contribution is 2.47. The quantitative estimate of drug-likeness (QED) is 0.222. The summed E-state index contributed by atoms with van der Waals surface area (Å²) >= 11 is 6.85. The van der Waals surface area contributed by atoms with Crippen molar-refractivity contribution in [3.63, 3.8) is 0 Å². The van der Waals surface area contributed by atoms with Crippen LogP contribution >= 0.6 is 11.6 Å². The summed E-state index contributed by atoms with van der Waals surface area (Å²) in [4.78, 5) is 9.44. The molecule has 0 radical (unpaired) electrons. The lowest BCUT2D eigenvalue weighted by Gasteiger charge is -2.29. The molecule has 5 rings (SSSR count). The van der Waals surface area contributed by atoms with E-state index in [9.17, 15) is 0 Å². The molecular formula is C31H27ClN4. The number of hydrogen-bond donors (Lipinski definition) is 1. The van der Waals surface area contributed by atoms with E-state index in [2.05, 4.69) is 78.8 Å². The molecule has 178 valence electrons. The minimum absolute atomic E-state index is 0.0243. The van der Waals surface area contributed by atoms with E-state index in [1.807, 2.05) is 30.5 Å². The molecule has 5 heteroatoms. The highest BCUT2D eigenvalue weighted by atomic mass is 35.5. The van der Waals surface area contributed by atoms with E-state index >= 15 is 0 Å². The average molecular weight is 491 g/mol. The second-order valence-electron chi connectivity index (χ2n) is 9.86. The van der Waals surface area contributed by atoms with Crippen LogP contribution in [0, 0.1) is 17.8 Å². The molecule has 4 nitrogen and oxygen atoms in total. The van der Waals surface area contributed by atoms with Gasteiger partial charge in [0.05, 0.1) is 22.4 Å². The Morgan fingerprint density at radius 1 is 1.19 bits per heavy atom. The number of pyridine rings is 1. The summed E-state index contributed by atoms with van der Waals surface area (Å²) in [5.74, 6) is 2.65. The molecule has 0 bridgehead atoms. The lowest BCUT2D eigenvalue weighted by Crippen LogP contribution is -2.18. The second-order valence-corrected chi connectivity index (χ2v) is 10.3. The van der Waals surface area contributed by atoms with Gasteiger partial charge in [0.1, 0.15) is 0 Å². The third-order valence-corrected chi connectivity index (χ3v) is 7.14. The Morgan fingerprint density at radius 2 is 2.03 bits per heavy atom. The fraction of sp³-hybridized carbons (Fsp3) is 0.194. The number of aromatic nitrogens is 3. The third kappa shape index (κ3) is 4.27. The molecule has 0 amide bonds. The standard InChI is InChI=1S/C31H27ClN4/c1-6-8-26(31(4,5)16-24-12-9-20(7-2)17-33-24)23-13-25-29(19(3)35-30(25)27(32)14-23)21-10-11-22-18-34-36-28(22)15-21/h2,6,8-15,17-18,29H,1,16H2,3-5H3,(H,34,36)/b26-8-. The molecule has 2 aromatic heterocycles. The molecule has 2 aromatic carbocycles. The van der Waals surface area contributed by atoms with Gasteiger partial charge < -0.3 is 0 Å². The van der Waals surface area contributed by atoms with Crippen molar-refractivity contribution in [1.29, 1.82) is 0 Å². The molecule has 1 aliphatic heterocycles. The van der Waals surface area contributed by atoms with Gasteiger partial charge in [0.15, 0.2) is 0 Å². The number of nitrogens with one attached hydrogen (secondary N) is 1. The van der Waals surface area contributed by atoms with Crippen LogP contribution in [0.5, 0.6) is 0 Å². The van der Waals surface area contributed by atoms with Crippen LogP contribution in [0.4, 0.5) is 5.69 Å². The molecule has 0 spiro atoms. The van der Waals surface area contributed by atoms with Crippen LogP contribution in [0.1, 0.15) is 54.6 Å². The number of aliphatic imine (C=N–C) groups is 1. The van der Waals surface area contributed by atoms with Gasteiger partial charge in [-0.15, -0.1) is 6.42 Å². The zero-order chi connectivity index (χ0) is 25.4. The molecule has 36 heavy (non-hydrogen) atoms. The first kappa shape index (κ1) is 23.8. The number of fused-ring (bicyclic) bond motifs is 2. The van der Waals surface area contributed by atoms with Crippen LogP contribution in [-0.4, -0.2) is 20.9 Å². The molecule has 0 saturated heterocycles. The van der Waals surface area contributed by atoms with Gasteiger partial charge in [0, 0.05) is 34.5 Å². The van der Waals surface area contributed by atoms with Crippen molar-refractivity contribution in [1.82, 2.24) is 15.2 Å². The highest BCUT2D eigenvalue weighted by Gasteiger charge is 2.31. The fourth-order valence-electron chi connectivity index (χ4n) is 5.13. The van der Waals surface area contributed by atoms with Crippen LogP contribution in [0.15, 0.2) is 78.6 Å². The lowest BCUT2D eigenvalue weighted by atomic mass is 9.75. The molecule has 1 atom stereocenters.